The van der Waals surface area contributed by atoms with E-state index in [4.69, 9.17) is 4.74 Å². The molecule has 5 atom stereocenters. The molecule has 0 bridgehead atoms. The zero-order chi connectivity index (χ0) is 18.3. The summed E-state index contributed by atoms with van der Waals surface area (Å²) < 4.78 is 5.88. The maximum atomic E-state index is 12.6. The van der Waals surface area contributed by atoms with E-state index in [1.54, 1.807) is 0 Å². The molecule has 3 aliphatic rings. The van der Waals surface area contributed by atoms with Gasteiger partial charge in [0.05, 0.1) is 5.92 Å². The normalized spacial score (nSPS) is 36.6. The second kappa shape index (κ2) is 6.84. The molecule has 1 unspecified atom stereocenters. The Hall–Kier alpha value is -1.61. The fraction of sp³-hybridized carbons (Fsp3) is 0.609. The van der Waals surface area contributed by atoms with Gasteiger partial charge in [-0.05, 0) is 56.0 Å². The van der Waals surface area contributed by atoms with E-state index in [0.29, 0.717) is 11.8 Å². The molecule has 26 heavy (non-hydrogen) atoms. The molecule has 140 valence electrons. The number of carbonyl (C=O) groups excluding carboxylic acids is 1. The molecule has 1 aromatic carbocycles. The van der Waals surface area contributed by atoms with Gasteiger partial charge in [-0.25, -0.2) is 0 Å². The van der Waals surface area contributed by atoms with Crippen LogP contribution in [0.5, 0.6) is 0 Å². The van der Waals surface area contributed by atoms with Crippen molar-refractivity contribution in [1.29, 1.82) is 0 Å². The van der Waals surface area contributed by atoms with Crippen LogP contribution in [0.4, 0.5) is 0 Å². The smallest absolute Gasteiger partial charge is 0.310 e. The van der Waals surface area contributed by atoms with Gasteiger partial charge in [0, 0.05) is 19.0 Å². The summed E-state index contributed by atoms with van der Waals surface area (Å²) in [4.78, 5) is 14.9. The summed E-state index contributed by atoms with van der Waals surface area (Å²) in [7, 11) is 2.11. The summed E-state index contributed by atoms with van der Waals surface area (Å²) in [6.07, 6.45) is 5.85. The maximum absolute atomic E-state index is 12.6. The quantitative estimate of drug-likeness (QED) is 0.592. The fourth-order valence-electron chi connectivity index (χ4n) is 5.76. The number of hydrogen-bond acceptors (Lipinski definition) is 3. The standard InChI is InChI=1S/C23H31NO2/c1-16-8-7-11-23(2)13-21-18(12-20(16)23)19(22(25)26-21)15-24(3)14-17-9-5-4-6-10-17/h4-6,9-10,18-21H,1,7-8,11-15H2,2-3H3/t18-,19?,20+,21-,23-/m1/s1. The zero-order valence-corrected chi connectivity index (χ0v) is 16.1. The zero-order valence-electron chi connectivity index (χ0n) is 16.1. The molecule has 3 nitrogen and oxygen atoms in total. The first kappa shape index (κ1) is 17.8. The van der Waals surface area contributed by atoms with E-state index in [2.05, 4.69) is 49.7 Å². The van der Waals surface area contributed by atoms with Gasteiger partial charge in [0.25, 0.3) is 0 Å². The number of hydrogen-bond donors (Lipinski definition) is 0. The summed E-state index contributed by atoms with van der Waals surface area (Å²) in [6.45, 7) is 8.43. The molecule has 2 aliphatic carbocycles. The number of fused-ring (bicyclic) bond motifs is 2. The van der Waals surface area contributed by atoms with Crippen molar-refractivity contribution < 1.29 is 9.53 Å². The van der Waals surface area contributed by atoms with Crippen molar-refractivity contribution in [3.8, 4) is 0 Å². The molecule has 4 rings (SSSR count). The van der Waals surface area contributed by atoms with Crippen molar-refractivity contribution in [2.45, 2.75) is 51.7 Å². The van der Waals surface area contributed by atoms with Crippen molar-refractivity contribution in [3.05, 3.63) is 48.0 Å². The van der Waals surface area contributed by atoms with E-state index < -0.39 is 0 Å². The minimum atomic E-state index is 0.00740. The predicted octanol–water partition coefficient (Wildman–Crippen LogP) is 4.43. The maximum Gasteiger partial charge on any atom is 0.310 e. The molecule has 0 N–H and O–H groups in total. The van der Waals surface area contributed by atoms with Crippen molar-refractivity contribution in [2.75, 3.05) is 13.6 Å². The van der Waals surface area contributed by atoms with E-state index in [9.17, 15) is 4.79 Å². The van der Waals surface area contributed by atoms with Gasteiger partial charge < -0.3 is 9.64 Å². The van der Waals surface area contributed by atoms with Gasteiger partial charge in [-0.1, -0.05) is 49.4 Å². The van der Waals surface area contributed by atoms with Gasteiger partial charge in [0.1, 0.15) is 6.10 Å². The van der Waals surface area contributed by atoms with Gasteiger partial charge in [-0.3, -0.25) is 4.79 Å². The predicted molar refractivity (Wildman–Crippen MR) is 103 cm³/mol. The third-order valence-electron chi connectivity index (χ3n) is 7.12. The molecule has 0 spiro atoms. The molecule has 0 radical (unpaired) electrons. The number of benzene rings is 1. The Morgan fingerprint density at radius 2 is 2.08 bits per heavy atom. The lowest BCUT2D eigenvalue weighted by atomic mass is 9.55. The van der Waals surface area contributed by atoms with E-state index in [1.807, 2.05) is 6.07 Å². The van der Waals surface area contributed by atoms with Crippen LogP contribution >= 0.6 is 0 Å². The third-order valence-corrected chi connectivity index (χ3v) is 7.12. The number of rotatable bonds is 4. The molecular weight excluding hydrogens is 322 g/mol. The van der Waals surface area contributed by atoms with Crippen molar-refractivity contribution in [3.63, 3.8) is 0 Å². The molecule has 3 fully saturated rings. The van der Waals surface area contributed by atoms with E-state index in [0.717, 1.165) is 32.4 Å². The SMILES string of the molecule is C=C1CCC[C@]2(C)C[C@H]3OC(=O)C(CN(C)Cc4ccccc4)[C@H]3C[C@@H]12. The summed E-state index contributed by atoms with van der Waals surface area (Å²) in [5.74, 6) is 0.948. The van der Waals surface area contributed by atoms with E-state index >= 15 is 0 Å². The fourth-order valence-corrected chi connectivity index (χ4v) is 5.76. The van der Waals surface area contributed by atoms with Crippen molar-refractivity contribution in [2.24, 2.45) is 23.2 Å². The van der Waals surface area contributed by atoms with Crippen molar-refractivity contribution in [1.82, 2.24) is 4.90 Å². The molecule has 1 heterocycles. The van der Waals surface area contributed by atoms with Gasteiger partial charge >= 0.3 is 5.97 Å². The molecule has 2 saturated carbocycles. The first-order chi connectivity index (χ1) is 12.5. The number of ether oxygens (including phenoxy) is 1. The highest BCUT2D eigenvalue weighted by Gasteiger charge is 2.55. The number of nitrogens with zero attached hydrogens (tertiary/aromatic N) is 1. The van der Waals surface area contributed by atoms with Crippen LogP contribution in [0, 0.1) is 23.2 Å². The van der Waals surface area contributed by atoms with Gasteiger partial charge in [0.15, 0.2) is 0 Å². The second-order valence-electron chi connectivity index (χ2n) is 9.09. The molecule has 1 aromatic rings. The lowest BCUT2D eigenvalue weighted by molar-refractivity contribution is -0.146. The lowest BCUT2D eigenvalue weighted by Crippen LogP contribution is -2.45. The number of carbonyl (C=O) groups is 1. The van der Waals surface area contributed by atoms with E-state index in [-0.39, 0.29) is 23.4 Å². The Kier molecular flexibility index (Phi) is 4.68. The topological polar surface area (TPSA) is 29.5 Å². The summed E-state index contributed by atoms with van der Waals surface area (Å²) in [5.41, 5.74) is 2.98. The first-order valence-electron chi connectivity index (χ1n) is 10.1. The Labute approximate surface area is 157 Å². The molecule has 1 saturated heterocycles. The Morgan fingerprint density at radius 3 is 2.85 bits per heavy atom. The van der Waals surface area contributed by atoms with E-state index in [1.165, 1.54) is 24.0 Å². The minimum absolute atomic E-state index is 0.00740. The van der Waals surface area contributed by atoms with Crippen LogP contribution in [-0.2, 0) is 16.1 Å². The Balaban J connectivity index is 1.46. The molecular formula is C23H31NO2. The van der Waals surface area contributed by atoms with Crippen molar-refractivity contribution >= 4 is 5.97 Å². The first-order valence-corrected chi connectivity index (χ1v) is 10.1. The number of allylic oxidation sites excluding steroid dienone is 1. The minimum Gasteiger partial charge on any atom is -0.462 e. The molecule has 0 amide bonds. The van der Waals surface area contributed by atoms with Crippen LogP contribution in [0.25, 0.3) is 0 Å². The van der Waals surface area contributed by atoms with Gasteiger partial charge in [-0.15, -0.1) is 0 Å². The largest absolute Gasteiger partial charge is 0.462 e. The Morgan fingerprint density at radius 1 is 1.31 bits per heavy atom. The monoisotopic (exact) mass is 353 g/mol. The highest BCUT2D eigenvalue weighted by atomic mass is 16.6. The van der Waals surface area contributed by atoms with Crippen LogP contribution in [0.2, 0.25) is 0 Å². The van der Waals surface area contributed by atoms with Crippen LogP contribution in [0.1, 0.15) is 44.6 Å². The van der Waals surface area contributed by atoms with Crippen LogP contribution in [0.3, 0.4) is 0 Å². The molecule has 1 aliphatic heterocycles. The number of esters is 1. The van der Waals surface area contributed by atoms with Gasteiger partial charge in [0.2, 0.25) is 0 Å². The lowest BCUT2D eigenvalue weighted by Gasteiger charge is -2.50. The summed E-state index contributed by atoms with van der Waals surface area (Å²) in [6, 6.07) is 10.5. The third kappa shape index (κ3) is 3.22. The van der Waals surface area contributed by atoms with Crippen LogP contribution in [0.15, 0.2) is 42.5 Å². The highest BCUT2D eigenvalue weighted by molar-refractivity contribution is 5.75. The van der Waals surface area contributed by atoms with Gasteiger partial charge in [-0.2, -0.15) is 0 Å². The second-order valence-corrected chi connectivity index (χ2v) is 9.09. The highest BCUT2D eigenvalue weighted by Crippen LogP contribution is 2.56. The summed E-state index contributed by atoms with van der Waals surface area (Å²) in [5, 5.41) is 0. The molecule has 3 heteroatoms. The van der Waals surface area contributed by atoms with Crippen LogP contribution < -0.4 is 0 Å². The Bertz CT molecular complexity index is 685. The average molecular weight is 354 g/mol. The summed E-state index contributed by atoms with van der Waals surface area (Å²) >= 11 is 0. The van der Waals surface area contributed by atoms with Crippen LogP contribution in [-0.4, -0.2) is 30.6 Å². The molecule has 0 aromatic heterocycles. The average Bonchev–Trinajstić information content (AvgIpc) is 2.88.